The third-order valence-corrected chi connectivity index (χ3v) is 6.22. The number of carbonyl (C=O) groups excluding carboxylic acids is 1. The van der Waals surface area contributed by atoms with Crippen molar-refractivity contribution >= 4 is 28.9 Å². The maximum atomic E-state index is 12.7. The highest BCUT2D eigenvalue weighted by atomic mass is 32.1. The molecule has 0 unspecified atom stereocenters. The second-order valence-corrected chi connectivity index (χ2v) is 8.26. The highest BCUT2D eigenvalue weighted by Gasteiger charge is 2.28. The molecule has 27 heavy (non-hydrogen) atoms. The standard InChI is InChI=1S/C22H33N3OS/c1-2-3-7-18-10-12-20(13-11-18)23-22(27)25-16-14-24(15-17-25)21(26)19-8-5-4-6-9-19/h10-13,19H,2-9,14-17H2,1H3,(H,23,27). The summed E-state index contributed by atoms with van der Waals surface area (Å²) in [5, 5.41) is 4.12. The number of nitrogens with one attached hydrogen (secondary N) is 1. The van der Waals surface area contributed by atoms with Gasteiger partial charge in [0.15, 0.2) is 5.11 Å². The quantitative estimate of drug-likeness (QED) is 0.757. The number of thiocarbonyl (C=S) groups is 1. The molecule has 2 fully saturated rings. The van der Waals surface area contributed by atoms with Gasteiger partial charge in [0.2, 0.25) is 5.91 Å². The Morgan fingerprint density at radius 2 is 1.67 bits per heavy atom. The fourth-order valence-corrected chi connectivity index (χ4v) is 4.38. The Labute approximate surface area is 169 Å². The van der Waals surface area contributed by atoms with Gasteiger partial charge in [0, 0.05) is 37.8 Å². The molecule has 5 heteroatoms. The Kier molecular flexibility index (Phi) is 7.50. The molecule has 1 aliphatic heterocycles. The molecule has 0 spiro atoms. The molecule has 1 aromatic carbocycles. The van der Waals surface area contributed by atoms with Crippen LogP contribution in [0.25, 0.3) is 0 Å². The summed E-state index contributed by atoms with van der Waals surface area (Å²) in [6, 6.07) is 8.59. The summed E-state index contributed by atoms with van der Waals surface area (Å²) in [5.74, 6) is 0.637. The molecule has 2 aliphatic rings. The molecule has 4 nitrogen and oxygen atoms in total. The molecule has 1 heterocycles. The highest BCUT2D eigenvalue weighted by Crippen LogP contribution is 2.26. The van der Waals surface area contributed by atoms with E-state index in [9.17, 15) is 4.79 Å². The van der Waals surface area contributed by atoms with Crippen LogP contribution in [0.3, 0.4) is 0 Å². The number of piperazine rings is 1. The van der Waals surface area contributed by atoms with Crippen molar-refractivity contribution < 1.29 is 4.79 Å². The summed E-state index contributed by atoms with van der Waals surface area (Å²) in [6.07, 6.45) is 9.45. The van der Waals surface area contributed by atoms with E-state index in [2.05, 4.69) is 46.3 Å². The van der Waals surface area contributed by atoms with Crippen molar-refractivity contribution in [1.29, 1.82) is 0 Å². The van der Waals surface area contributed by atoms with Crippen molar-refractivity contribution in [3.63, 3.8) is 0 Å². The van der Waals surface area contributed by atoms with Crippen LogP contribution in [0.5, 0.6) is 0 Å². The molecule has 1 amide bonds. The topological polar surface area (TPSA) is 35.6 Å². The van der Waals surface area contributed by atoms with Gasteiger partial charge in [-0.3, -0.25) is 4.79 Å². The molecule has 3 rings (SSSR count). The van der Waals surface area contributed by atoms with Crippen LogP contribution in [0, 0.1) is 5.92 Å². The van der Waals surface area contributed by atoms with Crippen molar-refractivity contribution in [2.24, 2.45) is 5.92 Å². The van der Waals surface area contributed by atoms with Gasteiger partial charge in [-0.25, -0.2) is 0 Å². The lowest BCUT2D eigenvalue weighted by atomic mass is 9.88. The summed E-state index contributed by atoms with van der Waals surface area (Å²) in [6.45, 7) is 5.43. The fraction of sp³-hybridized carbons (Fsp3) is 0.636. The fourth-order valence-electron chi connectivity index (χ4n) is 4.08. The lowest BCUT2D eigenvalue weighted by molar-refractivity contribution is -0.137. The first-order valence-electron chi connectivity index (χ1n) is 10.6. The molecule has 0 bridgehead atoms. The minimum Gasteiger partial charge on any atom is -0.345 e. The highest BCUT2D eigenvalue weighted by molar-refractivity contribution is 7.80. The van der Waals surface area contributed by atoms with Gasteiger partial charge in [-0.05, 0) is 55.6 Å². The van der Waals surface area contributed by atoms with Crippen LogP contribution in [-0.2, 0) is 11.2 Å². The lowest BCUT2D eigenvalue weighted by Gasteiger charge is -2.38. The predicted molar refractivity (Wildman–Crippen MR) is 116 cm³/mol. The monoisotopic (exact) mass is 387 g/mol. The summed E-state index contributed by atoms with van der Waals surface area (Å²) >= 11 is 5.60. The van der Waals surface area contributed by atoms with Gasteiger partial charge < -0.3 is 15.1 Å². The maximum Gasteiger partial charge on any atom is 0.225 e. The zero-order valence-corrected chi connectivity index (χ0v) is 17.4. The number of carbonyl (C=O) groups is 1. The van der Waals surface area contributed by atoms with Gasteiger partial charge >= 0.3 is 0 Å². The molecular weight excluding hydrogens is 354 g/mol. The zero-order chi connectivity index (χ0) is 19.1. The number of benzene rings is 1. The number of anilines is 1. The molecule has 0 atom stereocenters. The van der Waals surface area contributed by atoms with Crippen LogP contribution in [0.2, 0.25) is 0 Å². The van der Waals surface area contributed by atoms with Crippen LogP contribution in [0.15, 0.2) is 24.3 Å². The first kappa shape index (κ1) is 20.1. The van der Waals surface area contributed by atoms with E-state index in [-0.39, 0.29) is 5.92 Å². The number of aryl methyl sites for hydroxylation is 1. The van der Waals surface area contributed by atoms with E-state index in [4.69, 9.17) is 12.2 Å². The van der Waals surface area contributed by atoms with Gasteiger partial charge in [0.25, 0.3) is 0 Å². The smallest absolute Gasteiger partial charge is 0.225 e. The number of hydrogen-bond acceptors (Lipinski definition) is 2. The average Bonchev–Trinajstić information content (AvgIpc) is 2.73. The minimum atomic E-state index is 0.265. The van der Waals surface area contributed by atoms with E-state index in [0.717, 1.165) is 56.2 Å². The Morgan fingerprint density at radius 1 is 1.04 bits per heavy atom. The van der Waals surface area contributed by atoms with Crippen LogP contribution in [-0.4, -0.2) is 47.0 Å². The van der Waals surface area contributed by atoms with E-state index in [1.165, 1.54) is 37.7 Å². The number of hydrogen-bond donors (Lipinski definition) is 1. The number of amides is 1. The molecule has 148 valence electrons. The molecule has 0 aromatic heterocycles. The second-order valence-electron chi connectivity index (χ2n) is 7.88. The third kappa shape index (κ3) is 5.68. The molecule has 1 saturated carbocycles. The van der Waals surface area contributed by atoms with E-state index in [1.807, 2.05) is 0 Å². The van der Waals surface area contributed by atoms with E-state index in [1.54, 1.807) is 0 Å². The molecule has 1 saturated heterocycles. The molecule has 1 N–H and O–H groups in total. The van der Waals surface area contributed by atoms with Gasteiger partial charge in [0.1, 0.15) is 0 Å². The summed E-state index contributed by atoms with van der Waals surface area (Å²) in [4.78, 5) is 16.9. The maximum absolute atomic E-state index is 12.7. The SMILES string of the molecule is CCCCc1ccc(NC(=S)N2CCN(C(=O)C3CCCCC3)CC2)cc1. The van der Waals surface area contributed by atoms with Crippen LogP contribution in [0.1, 0.15) is 57.4 Å². The van der Waals surface area contributed by atoms with Crippen molar-refractivity contribution in [3.05, 3.63) is 29.8 Å². The van der Waals surface area contributed by atoms with E-state index in [0.29, 0.717) is 5.91 Å². The predicted octanol–water partition coefficient (Wildman–Crippen LogP) is 4.45. The number of nitrogens with zero attached hydrogens (tertiary/aromatic N) is 2. The Balaban J connectivity index is 1.44. The van der Waals surface area contributed by atoms with Gasteiger partial charge in [-0.15, -0.1) is 0 Å². The van der Waals surface area contributed by atoms with E-state index >= 15 is 0 Å². The summed E-state index contributed by atoms with van der Waals surface area (Å²) < 4.78 is 0. The van der Waals surface area contributed by atoms with Crippen LogP contribution in [0.4, 0.5) is 5.69 Å². The van der Waals surface area contributed by atoms with Crippen LogP contribution >= 0.6 is 12.2 Å². The number of unbranched alkanes of at least 4 members (excludes halogenated alkanes) is 1. The molecule has 1 aliphatic carbocycles. The largest absolute Gasteiger partial charge is 0.345 e. The third-order valence-electron chi connectivity index (χ3n) is 5.86. The summed E-state index contributed by atoms with van der Waals surface area (Å²) in [7, 11) is 0. The van der Waals surface area contributed by atoms with Gasteiger partial charge in [0.05, 0.1) is 0 Å². The lowest BCUT2D eigenvalue weighted by Crippen LogP contribution is -2.53. The Morgan fingerprint density at radius 3 is 2.30 bits per heavy atom. The normalized spacial score (nSPS) is 18.4. The Bertz CT molecular complexity index is 617. The molecule has 0 radical (unpaired) electrons. The number of rotatable bonds is 5. The first-order chi connectivity index (χ1) is 13.2. The molecule has 1 aromatic rings. The van der Waals surface area contributed by atoms with E-state index < -0.39 is 0 Å². The van der Waals surface area contributed by atoms with Crippen molar-refractivity contribution in [3.8, 4) is 0 Å². The zero-order valence-electron chi connectivity index (χ0n) is 16.6. The van der Waals surface area contributed by atoms with Crippen molar-refractivity contribution in [1.82, 2.24) is 9.80 Å². The summed E-state index contributed by atoms with van der Waals surface area (Å²) in [5.41, 5.74) is 2.42. The second kappa shape index (κ2) is 10.1. The Hall–Kier alpha value is -1.62. The van der Waals surface area contributed by atoms with Crippen molar-refractivity contribution in [2.75, 3.05) is 31.5 Å². The van der Waals surface area contributed by atoms with Gasteiger partial charge in [-0.2, -0.15) is 0 Å². The van der Waals surface area contributed by atoms with Gasteiger partial charge in [-0.1, -0.05) is 44.7 Å². The average molecular weight is 388 g/mol. The first-order valence-corrected chi connectivity index (χ1v) is 11.0. The molecular formula is C22H33N3OS. The van der Waals surface area contributed by atoms with Crippen LogP contribution < -0.4 is 5.32 Å². The minimum absolute atomic E-state index is 0.265. The van der Waals surface area contributed by atoms with Crippen molar-refractivity contribution in [2.45, 2.75) is 58.3 Å².